The smallest absolute Gasteiger partial charge is 0.188 e. The van der Waals surface area contributed by atoms with Crippen LogP contribution in [0.25, 0.3) is 43.1 Å². The van der Waals surface area contributed by atoms with Crippen LogP contribution in [0.4, 0.5) is 0 Å². The molecule has 4 aromatic rings. The van der Waals surface area contributed by atoms with E-state index in [0.717, 1.165) is 38.2 Å². The number of hydrogen-bond donors (Lipinski definition) is 0. The number of fused-ring (bicyclic) bond motifs is 2. The van der Waals surface area contributed by atoms with Gasteiger partial charge >= 0.3 is 0 Å². The van der Waals surface area contributed by atoms with Gasteiger partial charge in [0.15, 0.2) is 13.6 Å². The number of ether oxygens (including phenoxy) is 4. The van der Waals surface area contributed by atoms with Crippen LogP contribution in [0.1, 0.15) is 5.56 Å². The van der Waals surface area contributed by atoms with Crippen LogP contribution in [-0.4, -0.2) is 27.8 Å². The Labute approximate surface area is 185 Å². The molecule has 4 aromatic carbocycles. The van der Waals surface area contributed by atoms with Crippen molar-refractivity contribution in [1.82, 2.24) is 0 Å². The highest BCUT2D eigenvalue weighted by atomic mass is 16.7. The van der Waals surface area contributed by atoms with Crippen molar-refractivity contribution in [3.05, 3.63) is 82.7 Å². The van der Waals surface area contributed by atoms with Gasteiger partial charge in [0.1, 0.15) is 11.5 Å². The molecule has 0 aliphatic carbocycles. The minimum absolute atomic E-state index is 0.0492. The zero-order valence-corrected chi connectivity index (χ0v) is 17.9. The lowest BCUT2D eigenvalue weighted by atomic mass is 9.90. The van der Waals surface area contributed by atoms with Crippen molar-refractivity contribution in [2.75, 3.05) is 27.8 Å². The highest BCUT2D eigenvalue weighted by molar-refractivity contribution is 6.10. The van der Waals surface area contributed by atoms with E-state index < -0.39 is 0 Å². The average molecular weight is 429 g/mol. The Bertz CT molecular complexity index is 1300. The normalized spacial score (nSPS) is 10.8. The van der Waals surface area contributed by atoms with Gasteiger partial charge in [-0.05, 0) is 39.2 Å². The Morgan fingerprint density at radius 2 is 1.44 bits per heavy atom. The van der Waals surface area contributed by atoms with Gasteiger partial charge in [-0.1, -0.05) is 59.7 Å². The van der Waals surface area contributed by atoms with Crippen LogP contribution in [0.2, 0.25) is 0 Å². The second kappa shape index (κ2) is 10.0. The van der Waals surface area contributed by atoms with Crippen molar-refractivity contribution in [2.45, 2.75) is 6.54 Å². The summed E-state index contributed by atoms with van der Waals surface area (Å²) in [5.41, 5.74) is 11.4. The Morgan fingerprint density at radius 1 is 0.781 bits per heavy atom. The predicted octanol–water partition coefficient (Wildman–Crippen LogP) is 6.44. The maximum atomic E-state index is 8.94. The Hall–Kier alpha value is -3.77. The Kier molecular flexibility index (Phi) is 6.72. The molecule has 0 heterocycles. The van der Waals surface area contributed by atoms with E-state index in [2.05, 4.69) is 22.2 Å². The quantitative estimate of drug-likeness (QED) is 0.133. The third kappa shape index (κ3) is 4.18. The Balaban J connectivity index is 2.13. The van der Waals surface area contributed by atoms with E-state index in [0.29, 0.717) is 11.5 Å². The van der Waals surface area contributed by atoms with E-state index >= 15 is 0 Å². The molecule has 32 heavy (non-hydrogen) atoms. The molecule has 0 spiro atoms. The van der Waals surface area contributed by atoms with Crippen LogP contribution in [0.5, 0.6) is 11.5 Å². The molecule has 0 N–H and O–H groups in total. The van der Waals surface area contributed by atoms with Crippen LogP contribution in [0.15, 0.2) is 71.8 Å². The molecule has 0 amide bonds. The van der Waals surface area contributed by atoms with E-state index in [1.807, 2.05) is 54.6 Å². The largest absolute Gasteiger partial charge is 0.467 e. The van der Waals surface area contributed by atoms with Crippen molar-refractivity contribution < 1.29 is 18.9 Å². The van der Waals surface area contributed by atoms with Gasteiger partial charge in [-0.3, -0.25) is 0 Å². The van der Waals surface area contributed by atoms with Gasteiger partial charge in [0.2, 0.25) is 0 Å². The molecule has 0 aliphatic heterocycles. The summed E-state index contributed by atoms with van der Waals surface area (Å²) in [5, 5.41) is 7.86. The third-order valence-electron chi connectivity index (χ3n) is 5.18. The molecule has 4 rings (SSSR count). The molecule has 0 fully saturated rings. The topological polar surface area (TPSA) is 85.7 Å². The van der Waals surface area contributed by atoms with Gasteiger partial charge in [0.25, 0.3) is 0 Å². The highest BCUT2D eigenvalue weighted by Gasteiger charge is 2.22. The van der Waals surface area contributed by atoms with E-state index in [1.54, 1.807) is 14.2 Å². The molecule has 0 saturated heterocycles. The average Bonchev–Trinajstić information content (AvgIpc) is 2.84. The number of rotatable bonds is 9. The molecule has 0 unspecified atom stereocenters. The SMILES string of the molecule is COCOc1ccc2ccccc2c1-c1c(OCOC)c(CN=[N+]=[N-])cc2ccccc12. The van der Waals surface area contributed by atoms with Crippen LogP contribution in [0, 0.1) is 0 Å². The fraction of sp³-hybridized carbons (Fsp3) is 0.200. The first kappa shape index (κ1) is 21.5. The van der Waals surface area contributed by atoms with Gasteiger partial charge in [-0.25, -0.2) is 0 Å². The number of methoxy groups -OCH3 is 2. The van der Waals surface area contributed by atoms with Gasteiger partial charge < -0.3 is 18.9 Å². The van der Waals surface area contributed by atoms with E-state index in [-0.39, 0.29) is 20.1 Å². The highest BCUT2D eigenvalue weighted by Crippen LogP contribution is 2.47. The van der Waals surface area contributed by atoms with E-state index in [1.165, 1.54) is 0 Å². The molecule has 0 bridgehead atoms. The summed E-state index contributed by atoms with van der Waals surface area (Å²) in [6, 6.07) is 22.1. The van der Waals surface area contributed by atoms with Crippen LogP contribution >= 0.6 is 0 Å². The summed E-state index contributed by atoms with van der Waals surface area (Å²) in [6.45, 7) is 0.302. The molecular formula is C25H23N3O4. The maximum Gasteiger partial charge on any atom is 0.188 e. The number of benzene rings is 4. The summed E-state index contributed by atoms with van der Waals surface area (Å²) < 4.78 is 22.5. The lowest BCUT2D eigenvalue weighted by molar-refractivity contribution is 0.0498. The molecular weight excluding hydrogens is 406 g/mol. The van der Waals surface area contributed by atoms with E-state index in [9.17, 15) is 0 Å². The fourth-order valence-electron chi connectivity index (χ4n) is 3.89. The predicted molar refractivity (Wildman–Crippen MR) is 125 cm³/mol. The molecule has 0 atom stereocenters. The molecule has 7 heteroatoms. The van der Waals surface area contributed by atoms with Crippen molar-refractivity contribution in [1.29, 1.82) is 0 Å². The minimum atomic E-state index is 0.0492. The van der Waals surface area contributed by atoms with E-state index in [4.69, 9.17) is 24.5 Å². The van der Waals surface area contributed by atoms with Gasteiger partial charge in [0, 0.05) is 35.8 Å². The van der Waals surface area contributed by atoms with Crippen molar-refractivity contribution in [3.63, 3.8) is 0 Å². The van der Waals surface area contributed by atoms with Crippen LogP contribution in [-0.2, 0) is 16.0 Å². The first-order valence-electron chi connectivity index (χ1n) is 10.1. The van der Waals surface area contributed by atoms with Crippen LogP contribution in [0.3, 0.4) is 0 Å². The van der Waals surface area contributed by atoms with Crippen LogP contribution < -0.4 is 9.47 Å². The minimum Gasteiger partial charge on any atom is -0.467 e. The first-order chi connectivity index (χ1) is 15.8. The lowest BCUT2D eigenvalue weighted by Crippen LogP contribution is -2.06. The summed E-state index contributed by atoms with van der Waals surface area (Å²) >= 11 is 0. The van der Waals surface area contributed by atoms with Crippen molar-refractivity contribution in [3.8, 4) is 22.6 Å². The molecule has 0 aromatic heterocycles. The summed E-state index contributed by atoms with van der Waals surface area (Å²) in [6.07, 6.45) is 0. The lowest BCUT2D eigenvalue weighted by Gasteiger charge is -2.21. The third-order valence-corrected chi connectivity index (χ3v) is 5.18. The standard InChI is InChI=1S/C25H23N3O4/c1-29-15-31-22-12-11-17-7-3-5-9-20(17)23(22)24-21-10-6-4-8-18(21)13-19(14-27-28-26)25(24)32-16-30-2/h3-13H,14-16H2,1-2H3. The number of nitrogens with zero attached hydrogens (tertiary/aromatic N) is 3. The second-order valence-corrected chi connectivity index (χ2v) is 7.11. The fourth-order valence-corrected chi connectivity index (χ4v) is 3.89. The van der Waals surface area contributed by atoms with Crippen molar-refractivity contribution in [2.24, 2.45) is 5.11 Å². The maximum absolute atomic E-state index is 8.94. The second-order valence-electron chi connectivity index (χ2n) is 7.11. The molecule has 7 nitrogen and oxygen atoms in total. The van der Waals surface area contributed by atoms with Gasteiger partial charge in [-0.15, -0.1) is 0 Å². The molecule has 0 radical (unpaired) electrons. The summed E-state index contributed by atoms with van der Waals surface area (Å²) in [5.74, 6) is 1.26. The number of azide groups is 1. The van der Waals surface area contributed by atoms with Gasteiger partial charge in [-0.2, -0.15) is 0 Å². The summed E-state index contributed by atoms with van der Waals surface area (Å²) in [4.78, 5) is 2.94. The zero-order valence-electron chi connectivity index (χ0n) is 17.9. The van der Waals surface area contributed by atoms with Crippen molar-refractivity contribution >= 4 is 21.5 Å². The molecule has 0 saturated carbocycles. The molecule has 0 aliphatic rings. The first-order valence-corrected chi connectivity index (χ1v) is 10.1. The number of hydrogen-bond acceptors (Lipinski definition) is 5. The summed E-state index contributed by atoms with van der Waals surface area (Å²) in [7, 11) is 3.16. The van der Waals surface area contributed by atoms with Gasteiger partial charge in [0.05, 0.1) is 6.54 Å². The Morgan fingerprint density at radius 3 is 2.16 bits per heavy atom. The molecule has 162 valence electrons. The monoisotopic (exact) mass is 429 g/mol. The zero-order chi connectivity index (χ0) is 22.3.